The summed E-state index contributed by atoms with van der Waals surface area (Å²) in [6.07, 6.45) is -3.96. The van der Waals surface area contributed by atoms with Crippen LogP contribution in [0.15, 0.2) is 0 Å². The van der Waals surface area contributed by atoms with Gasteiger partial charge in [0.1, 0.15) is 0 Å². The summed E-state index contributed by atoms with van der Waals surface area (Å²) in [7, 11) is 0. The molecule has 0 radical (unpaired) electrons. The molecule has 1 atom stereocenters. The van der Waals surface area contributed by atoms with Crippen LogP contribution >= 0.6 is 11.3 Å². The van der Waals surface area contributed by atoms with Crippen molar-refractivity contribution in [3.05, 3.63) is 5.01 Å². The number of nitrogens with zero attached hydrogens (tertiary/aromatic N) is 3. The van der Waals surface area contributed by atoms with Gasteiger partial charge in [0.15, 0.2) is 0 Å². The van der Waals surface area contributed by atoms with E-state index in [4.69, 9.17) is 4.74 Å². The lowest BCUT2D eigenvalue weighted by atomic mass is 9.76. The van der Waals surface area contributed by atoms with Crippen LogP contribution in [0.3, 0.4) is 0 Å². The molecule has 0 saturated carbocycles. The van der Waals surface area contributed by atoms with Crippen LogP contribution in [0.4, 0.5) is 18.3 Å². The molecular weight excluding hydrogens is 319 g/mol. The molecule has 0 amide bonds. The lowest BCUT2D eigenvalue weighted by Crippen LogP contribution is -2.40. The Kier molecular flexibility index (Phi) is 4.65. The number of ether oxygens (including phenoxy) is 1. The van der Waals surface area contributed by atoms with Crippen LogP contribution in [0, 0.1) is 11.3 Å². The summed E-state index contributed by atoms with van der Waals surface area (Å²) in [4.78, 5) is 14.0. The summed E-state index contributed by atoms with van der Waals surface area (Å²) in [6.45, 7) is 6.62. The normalized spacial score (nSPS) is 22.4. The predicted octanol–water partition coefficient (Wildman–Crippen LogP) is 2.97. The van der Waals surface area contributed by atoms with E-state index in [1.165, 1.54) is 0 Å². The monoisotopic (exact) mass is 337 g/mol. The average molecular weight is 337 g/mol. The molecule has 0 spiro atoms. The number of esters is 1. The highest BCUT2D eigenvalue weighted by Crippen LogP contribution is 2.42. The Morgan fingerprint density at radius 1 is 1.45 bits per heavy atom. The minimum absolute atomic E-state index is 0.0200. The summed E-state index contributed by atoms with van der Waals surface area (Å²) >= 11 is 0.501. The molecule has 0 aromatic carbocycles. The van der Waals surface area contributed by atoms with Gasteiger partial charge in [-0.25, -0.2) is 0 Å². The third-order valence-corrected chi connectivity index (χ3v) is 5.04. The maximum absolute atomic E-state index is 12.6. The Morgan fingerprint density at radius 3 is 2.64 bits per heavy atom. The van der Waals surface area contributed by atoms with Gasteiger partial charge in [0, 0.05) is 13.1 Å². The first-order chi connectivity index (χ1) is 10.2. The Bertz CT molecular complexity index is 547. The molecule has 5 nitrogen and oxygen atoms in total. The number of carbonyl (C=O) groups is 1. The van der Waals surface area contributed by atoms with Gasteiger partial charge in [0.2, 0.25) is 10.1 Å². The topological polar surface area (TPSA) is 55.3 Å². The van der Waals surface area contributed by atoms with E-state index in [9.17, 15) is 18.0 Å². The molecule has 1 aliphatic heterocycles. The van der Waals surface area contributed by atoms with Crippen LogP contribution in [-0.2, 0) is 15.7 Å². The van der Waals surface area contributed by atoms with Crippen LogP contribution < -0.4 is 4.90 Å². The van der Waals surface area contributed by atoms with Crippen molar-refractivity contribution in [1.29, 1.82) is 0 Å². The van der Waals surface area contributed by atoms with Crippen LogP contribution in [-0.4, -0.2) is 35.9 Å². The molecule has 22 heavy (non-hydrogen) atoms. The number of rotatable bonds is 4. The van der Waals surface area contributed by atoms with E-state index in [1.54, 1.807) is 11.8 Å². The molecule has 1 saturated heterocycles. The van der Waals surface area contributed by atoms with E-state index in [0.717, 1.165) is 0 Å². The average Bonchev–Trinajstić information content (AvgIpc) is 3.06. The van der Waals surface area contributed by atoms with Gasteiger partial charge in [-0.15, -0.1) is 10.2 Å². The fourth-order valence-electron chi connectivity index (χ4n) is 2.60. The van der Waals surface area contributed by atoms with Gasteiger partial charge in [0.05, 0.1) is 12.0 Å². The molecule has 2 rings (SSSR count). The first kappa shape index (κ1) is 17.0. The Labute approximate surface area is 130 Å². The second kappa shape index (κ2) is 6.02. The van der Waals surface area contributed by atoms with Gasteiger partial charge in [-0.1, -0.05) is 25.2 Å². The highest BCUT2D eigenvalue weighted by molar-refractivity contribution is 7.15. The SMILES string of the molecule is CCOC(=O)C1(C(C)C)CCN(c2nnc(C(F)(F)F)s2)C1. The van der Waals surface area contributed by atoms with Crippen LogP contribution in [0.2, 0.25) is 0 Å². The summed E-state index contributed by atoms with van der Waals surface area (Å²) in [5.41, 5.74) is -0.708. The number of hydrogen-bond donors (Lipinski definition) is 0. The zero-order chi connectivity index (χ0) is 16.5. The summed E-state index contributed by atoms with van der Waals surface area (Å²) in [5, 5.41) is 6.03. The Balaban J connectivity index is 2.20. The zero-order valence-electron chi connectivity index (χ0n) is 12.6. The first-order valence-corrected chi connectivity index (χ1v) is 7.85. The van der Waals surface area contributed by atoms with Crippen LogP contribution in [0.1, 0.15) is 32.2 Å². The van der Waals surface area contributed by atoms with Crippen molar-refractivity contribution in [2.45, 2.75) is 33.4 Å². The lowest BCUT2D eigenvalue weighted by Gasteiger charge is -2.30. The number of hydrogen-bond acceptors (Lipinski definition) is 6. The quantitative estimate of drug-likeness (QED) is 0.791. The van der Waals surface area contributed by atoms with Crippen molar-refractivity contribution in [2.75, 3.05) is 24.6 Å². The molecule has 124 valence electrons. The van der Waals surface area contributed by atoms with E-state index in [-0.39, 0.29) is 23.6 Å². The fraction of sp³-hybridized carbons (Fsp3) is 0.769. The predicted molar refractivity (Wildman–Crippen MR) is 75.6 cm³/mol. The molecule has 1 fully saturated rings. The minimum atomic E-state index is -4.49. The van der Waals surface area contributed by atoms with Crippen molar-refractivity contribution in [2.24, 2.45) is 11.3 Å². The highest BCUT2D eigenvalue weighted by Gasteiger charge is 2.49. The van der Waals surface area contributed by atoms with Gasteiger partial charge in [-0.3, -0.25) is 4.79 Å². The van der Waals surface area contributed by atoms with Gasteiger partial charge in [0.25, 0.3) is 0 Å². The van der Waals surface area contributed by atoms with Crippen molar-refractivity contribution >= 4 is 22.4 Å². The lowest BCUT2D eigenvalue weighted by molar-refractivity contribution is -0.156. The van der Waals surface area contributed by atoms with Gasteiger partial charge < -0.3 is 9.64 Å². The molecule has 2 heterocycles. The van der Waals surface area contributed by atoms with Crippen molar-refractivity contribution in [3.63, 3.8) is 0 Å². The van der Waals surface area contributed by atoms with Gasteiger partial charge in [-0.05, 0) is 19.3 Å². The summed E-state index contributed by atoms with van der Waals surface area (Å²) < 4.78 is 43.0. The maximum Gasteiger partial charge on any atom is 0.445 e. The highest BCUT2D eigenvalue weighted by atomic mass is 32.1. The number of alkyl halides is 3. The first-order valence-electron chi connectivity index (χ1n) is 7.03. The molecule has 0 N–H and O–H groups in total. The molecule has 1 aliphatic rings. The minimum Gasteiger partial charge on any atom is -0.466 e. The van der Waals surface area contributed by atoms with E-state index in [1.807, 2.05) is 13.8 Å². The van der Waals surface area contributed by atoms with E-state index in [2.05, 4.69) is 10.2 Å². The second-order valence-corrected chi connectivity index (χ2v) is 6.55. The molecule has 0 aliphatic carbocycles. The van der Waals surface area contributed by atoms with Crippen molar-refractivity contribution < 1.29 is 22.7 Å². The largest absolute Gasteiger partial charge is 0.466 e. The van der Waals surface area contributed by atoms with Crippen LogP contribution in [0.5, 0.6) is 0 Å². The number of anilines is 1. The Morgan fingerprint density at radius 2 is 2.14 bits per heavy atom. The summed E-state index contributed by atoms with van der Waals surface area (Å²) in [5.74, 6) is -0.278. The van der Waals surface area contributed by atoms with E-state index < -0.39 is 16.6 Å². The number of carbonyl (C=O) groups excluding carboxylic acids is 1. The number of halogens is 3. The van der Waals surface area contributed by atoms with Gasteiger partial charge >= 0.3 is 12.1 Å². The third kappa shape index (κ3) is 3.04. The zero-order valence-corrected chi connectivity index (χ0v) is 13.4. The second-order valence-electron chi connectivity index (χ2n) is 5.59. The van der Waals surface area contributed by atoms with Crippen molar-refractivity contribution in [3.8, 4) is 0 Å². The molecular formula is C13H18F3N3O2S. The number of aromatic nitrogens is 2. The van der Waals surface area contributed by atoms with Crippen molar-refractivity contribution in [1.82, 2.24) is 10.2 Å². The van der Waals surface area contributed by atoms with Gasteiger partial charge in [-0.2, -0.15) is 13.2 Å². The molecule has 1 aromatic rings. The van der Waals surface area contributed by atoms with Crippen LogP contribution in [0.25, 0.3) is 0 Å². The fourth-order valence-corrected chi connectivity index (χ4v) is 3.34. The molecule has 0 bridgehead atoms. The third-order valence-electron chi connectivity index (χ3n) is 4.02. The standard InChI is InChI=1S/C13H18F3N3O2S/c1-4-21-10(20)12(8(2)3)5-6-19(7-12)11-18-17-9(22-11)13(14,15)16/h8H,4-7H2,1-3H3. The molecule has 9 heteroatoms. The van der Waals surface area contributed by atoms with E-state index in [0.29, 0.717) is 30.8 Å². The maximum atomic E-state index is 12.6. The van der Waals surface area contributed by atoms with E-state index >= 15 is 0 Å². The summed E-state index contributed by atoms with van der Waals surface area (Å²) in [6, 6.07) is 0. The molecule has 1 unspecified atom stereocenters. The molecule has 1 aromatic heterocycles. The smallest absolute Gasteiger partial charge is 0.445 e. The Hall–Kier alpha value is -1.38.